The van der Waals surface area contributed by atoms with Crippen LogP contribution in [0.15, 0.2) is 199 Å². The molecule has 12 rings (SSSR count). The molecule has 0 atom stereocenters. The second kappa shape index (κ2) is 19.3. The van der Waals surface area contributed by atoms with Crippen molar-refractivity contribution in [2.75, 3.05) is 14.7 Å². The summed E-state index contributed by atoms with van der Waals surface area (Å²) in [6.45, 7) is 34.5. The summed E-state index contributed by atoms with van der Waals surface area (Å²) in [5.74, 6) is 0.601. The van der Waals surface area contributed by atoms with Gasteiger partial charge < -0.3 is 19.1 Å². The van der Waals surface area contributed by atoms with Gasteiger partial charge in [0.1, 0.15) is 5.52 Å². The van der Waals surface area contributed by atoms with Crippen LogP contribution in [0.2, 0.25) is 0 Å². The lowest BCUT2D eigenvalue weighted by molar-refractivity contribution is 0.568. The van der Waals surface area contributed by atoms with Gasteiger partial charge in [-0.1, -0.05) is 207 Å². The van der Waals surface area contributed by atoms with Crippen molar-refractivity contribution in [3.8, 4) is 22.6 Å². The number of anilines is 9. The molecule has 0 fully saturated rings. The van der Waals surface area contributed by atoms with Crippen molar-refractivity contribution in [1.29, 1.82) is 0 Å². The summed E-state index contributed by atoms with van der Waals surface area (Å²) in [5.41, 5.74) is 24.7. The van der Waals surface area contributed by atoms with Gasteiger partial charge in [-0.15, -0.1) is 0 Å². The van der Waals surface area contributed by atoms with Crippen LogP contribution in [0.1, 0.15) is 132 Å². The van der Waals surface area contributed by atoms with Gasteiger partial charge in [0.2, 0.25) is 5.89 Å². The van der Waals surface area contributed by atoms with Crippen LogP contribution in [-0.4, -0.2) is 11.7 Å². The largest absolute Gasteiger partial charge is 0.436 e. The van der Waals surface area contributed by atoms with Crippen LogP contribution in [0.4, 0.5) is 51.2 Å². The highest BCUT2D eigenvalue weighted by molar-refractivity contribution is 7.00. The molecule has 0 unspecified atom stereocenters. The minimum absolute atomic E-state index is 0.0115. The van der Waals surface area contributed by atoms with Crippen LogP contribution in [-0.2, 0) is 27.1 Å². The molecule has 2 aliphatic rings. The smallest absolute Gasteiger partial charge is 0.252 e. The molecule has 406 valence electrons. The lowest BCUT2D eigenvalue weighted by Gasteiger charge is -2.45. The van der Waals surface area contributed by atoms with E-state index in [0.29, 0.717) is 5.89 Å². The summed E-state index contributed by atoms with van der Waals surface area (Å²) in [7, 11) is 0. The van der Waals surface area contributed by atoms with Crippen molar-refractivity contribution in [1.82, 2.24) is 4.98 Å². The van der Waals surface area contributed by atoms with Crippen LogP contribution in [0.5, 0.6) is 0 Å². The molecule has 10 aromatic rings. The summed E-state index contributed by atoms with van der Waals surface area (Å²) in [4.78, 5) is 12.9. The van der Waals surface area contributed by atoms with E-state index in [0.717, 1.165) is 73.4 Å². The maximum Gasteiger partial charge on any atom is 0.252 e. The Labute approximate surface area is 482 Å². The van der Waals surface area contributed by atoms with Gasteiger partial charge in [-0.3, -0.25) is 0 Å². The van der Waals surface area contributed by atoms with Gasteiger partial charge in [0.05, 0.1) is 5.69 Å². The predicted octanol–water partition coefficient (Wildman–Crippen LogP) is 19.2. The lowest BCUT2D eigenvalue weighted by Crippen LogP contribution is -2.61. The minimum Gasteiger partial charge on any atom is -0.436 e. The van der Waals surface area contributed by atoms with E-state index < -0.39 is 0 Å². The van der Waals surface area contributed by atoms with Crippen LogP contribution in [0.3, 0.4) is 0 Å². The normalized spacial score (nSPS) is 13.5. The lowest BCUT2D eigenvalue weighted by atomic mass is 9.33. The summed E-state index contributed by atoms with van der Waals surface area (Å²) in [6.07, 6.45) is 0. The van der Waals surface area contributed by atoms with Crippen LogP contribution in [0.25, 0.3) is 33.7 Å². The first-order chi connectivity index (χ1) is 38.3. The SMILES string of the molecule is CC(C)(C)c1ccc(-c2ccc(-c3nc4cc5c(cc4o3)N(c3cc(C(C)(C)C)cc(C(C)(C)C)c3)c3cc(N(c4ccccc4)c4ccccc4)cc4c3B5c3cc(C(C)(C)C)ccc3N4c3ccc(C(C)(C)C)cc3)cc2)cc1. The Morgan fingerprint density at radius 3 is 1.31 bits per heavy atom. The highest BCUT2D eigenvalue weighted by atomic mass is 16.3. The zero-order chi connectivity index (χ0) is 57.1. The molecule has 81 heavy (non-hydrogen) atoms. The number of para-hydroxylation sites is 2. The number of rotatable bonds is 7. The number of benzene rings is 9. The minimum atomic E-state index is -0.166. The van der Waals surface area contributed by atoms with Gasteiger partial charge in [-0.05, 0) is 167 Å². The van der Waals surface area contributed by atoms with Crippen molar-refractivity contribution in [2.24, 2.45) is 0 Å². The highest BCUT2D eigenvalue weighted by Crippen LogP contribution is 2.50. The fourth-order valence-electron chi connectivity index (χ4n) is 12.0. The third-order valence-corrected chi connectivity index (χ3v) is 16.8. The van der Waals surface area contributed by atoms with Crippen molar-refractivity contribution in [3.05, 3.63) is 222 Å². The molecule has 9 aromatic carbocycles. The zero-order valence-corrected chi connectivity index (χ0v) is 50.2. The van der Waals surface area contributed by atoms with Crippen LogP contribution < -0.4 is 31.1 Å². The average Bonchev–Trinajstić information content (AvgIpc) is 3.87. The van der Waals surface area contributed by atoms with Gasteiger partial charge in [-0.2, -0.15) is 0 Å². The molecule has 0 radical (unpaired) electrons. The molecule has 0 N–H and O–H groups in total. The fourth-order valence-corrected chi connectivity index (χ4v) is 12.0. The van der Waals surface area contributed by atoms with Gasteiger partial charge in [-0.25, -0.2) is 4.98 Å². The number of aromatic nitrogens is 1. The van der Waals surface area contributed by atoms with Crippen LogP contribution in [0, 0.1) is 0 Å². The first kappa shape index (κ1) is 53.6. The van der Waals surface area contributed by atoms with E-state index in [9.17, 15) is 0 Å². The third-order valence-electron chi connectivity index (χ3n) is 16.8. The van der Waals surface area contributed by atoms with Gasteiger partial charge in [0, 0.05) is 57.1 Å². The third kappa shape index (κ3) is 9.85. The summed E-state index contributed by atoms with van der Waals surface area (Å²) in [5, 5.41) is 0. The van der Waals surface area contributed by atoms with E-state index in [1.165, 1.54) is 49.8 Å². The molecule has 6 heteroatoms. The number of hydrogen-bond acceptors (Lipinski definition) is 5. The summed E-state index contributed by atoms with van der Waals surface area (Å²) >= 11 is 0. The molecule has 0 saturated carbocycles. The molecule has 0 saturated heterocycles. The maximum absolute atomic E-state index is 7.02. The Morgan fingerprint density at radius 1 is 0.358 bits per heavy atom. The Bertz CT molecular complexity index is 3920. The first-order valence-corrected chi connectivity index (χ1v) is 29.0. The van der Waals surface area contributed by atoms with Crippen molar-refractivity contribution in [2.45, 2.75) is 131 Å². The Hall–Kier alpha value is -8.09. The topological polar surface area (TPSA) is 35.8 Å². The summed E-state index contributed by atoms with van der Waals surface area (Å²) < 4.78 is 7.02. The maximum atomic E-state index is 7.02. The quantitative estimate of drug-likeness (QED) is 0.149. The van der Waals surface area contributed by atoms with E-state index >= 15 is 0 Å². The Balaban J connectivity index is 1.16. The molecule has 1 aromatic heterocycles. The zero-order valence-electron chi connectivity index (χ0n) is 50.2. The van der Waals surface area contributed by atoms with Gasteiger partial charge in [0.15, 0.2) is 5.58 Å². The van der Waals surface area contributed by atoms with E-state index in [4.69, 9.17) is 9.40 Å². The van der Waals surface area contributed by atoms with Crippen LogP contribution >= 0.6 is 0 Å². The second-order valence-electron chi connectivity index (χ2n) is 27.9. The fraction of sp³-hybridized carbons (Fsp3) is 0.267. The molecule has 5 nitrogen and oxygen atoms in total. The van der Waals surface area contributed by atoms with E-state index in [1.807, 2.05) is 0 Å². The molecule has 0 spiro atoms. The molecule has 0 aliphatic carbocycles. The van der Waals surface area contributed by atoms with E-state index in [-0.39, 0.29) is 33.8 Å². The number of fused-ring (bicyclic) bond motifs is 5. The van der Waals surface area contributed by atoms with Crippen molar-refractivity contribution < 1.29 is 4.42 Å². The van der Waals surface area contributed by atoms with Gasteiger partial charge in [0.25, 0.3) is 6.71 Å². The molecule has 0 bridgehead atoms. The molecule has 0 amide bonds. The second-order valence-corrected chi connectivity index (χ2v) is 27.9. The standard InChI is InChI=1S/C75H77BN4O/c1-71(2,3)51-32-30-49(31-33-51)48-26-28-50(29-27-48)70-77-63-46-62-65(47-68(63)81-70)80(59-41-54(74(10,11)12)40-55(42-59)75(13,14)15)67-45-60(78(56-22-18-16-19-23-56)57-24-20-17-21-25-57)44-66-69(67)76(62)61-43-53(73(7,8)9)36-39-64(61)79(66)58-37-34-52(35-38-58)72(4,5)6/h16-47H,1-15H3. The monoisotopic (exact) mass is 1060 g/mol. The Kier molecular flexibility index (Phi) is 12.8. The van der Waals surface area contributed by atoms with Gasteiger partial charge >= 0.3 is 0 Å². The first-order valence-electron chi connectivity index (χ1n) is 29.0. The number of hydrogen-bond donors (Lipinski definition) is 0. The van der Waals surface area contributed by atoms with E-state index in [2.05, 4.69) is 313 Å². The Morgan fingerprint density at radius 2 is 0.802 bits per heavy atom. The summed E-state index contributed by atoms with van der Waals surface area (Å²) in [6, 6.07) is 72.7. The number of nitrogens with zero attached hydrogens (tertiary/aromatic N) is 4. The molecular weight excluding hydrogens is 984 g/mol. The van der Waals surface area contributed by atoms with Crippen molar-refractivity contribution >= 4 is 85.4 Å². The molecule has 3 heterocycles. The number of oxazole rings is 1. The highest BCUT2D eigenvalue weighted by Gasteiger charge is 2.45. The molecular formula is C75H77BN4O. The predicted molar refractivity (Wildman–Crippen MR) is 347 cm³/mol. The van der Waals surface area contributed by atoms with Crippen molar-refractivity contribution in [3.63, 3.8) is 0 Å². The van der Waals surface area contributed by atoms with E-state index in [1.54, 1.807) is 0 Å². The molecule has 2 aliphatic heterocycles. The average molecular weight is 1060 g/mol.